The van der Waals surface area contributed by atoms with Crippen molar-refractivity contribution in [1.82, 2.24) is 0 Å². The zero-order chi connectivity index (χ0) is 15.7. The summed E-state index contributed by atoms with van der Waals surface area (Å²) in [6, 6.07) is 0. The van der Waals surface area contributed by atoms with Gasteiger partial charge in [0.05, 0.1) is 28.8 Å². The van der Waals surface area contributed by atoms with Crippen molar-refractivity contribution < 1.29 is 0 Å². The van der Waals surface area contributed by atoms with Crippen molar-refractivity contribution in [2.24, 2.45) is 18.1 Å². The third-order valence-electron chi connectivity index (χ3n) is 3.94. The van der Waals surface area contributed by atoms with Gasteiger partial charge in [-0.05, 0) is 51.3 Å². The lowest BCUT2D eigenvalue weighted by Crippen LogP contribution is -1.92. The lowest BCUT2D eigenvalue weighted by atomic mass is 11.0. The zero-order valence-electron chi connectivity index (χ0n) is 14.4. The van der Waals surface area contributed by atoms with Crippen molar-refractivity contribution in [3.05, 3.63) is 0 Å². The highest BCUT2D eigenvalue weighted by Gasteiger charge is 2.26. The lowest BCUT2D eigenvalue weighted by molar-refractivity contribution is 1.38. The molecule has 20 heavy (non-hydrogen) atoms. The van der Waals surface area contributed by atoms with Gasteiger partial charge in [0.2, 0.25) is 0 Å². The molecule has 0 bridgehead atoms. The monoisotopic (exact) mass is 356 g/mol. The van der Waals surface area contributed by atoms with Gasteiger partial charge in [0.1, 0.15) is 0 Å². The molecule has 120 valence electrons. The number of hydrogen-bond donors (Lipinski definition) is 0. The maximum atomic E-state index is 5.31. The Morgan fingerprint density at radius 3 is 0.700 bits per heavy atom. The van der Waals surface area contributed by atoms with E-state index in [1.54, 1.807) is 0 Å². The van der Waals surface area contributed by atoms with Crippen LogP contribution in [0.2, 0.25) is 0 Å². The SMILES string of the molecule is CCP1(C)=NP(C)(CC)=NP(C)(CC)=NP(C)(CC)=N1. The molecule has 0 atom stereocenters. The van der Waals surface area contributed by atoms with Crippen LogP contribution in [0.3, 0.4) is 0 Å². The Bertz CT molecular complexity index is 462. The number of nitrogens with zero attached hydrogens (tertiary/aromatic N) is 4. The van der Waals surface area contributed by atoms with E-state index in [1.165, 1.54) is 0 Å². The van der Waals surface area contributed by atoms with E-state index >= 15 is 0 Å². The summed E-state index contributed by atoms with van der Waals surface area (Å²) < 4.78 is 21.2. The largest absolute Gasteiger partial charge is 0.241 e. The number of rotatable bonds is 4. The van der Waals surface area contributed by atoms with Gasteiger partial charge in [-0.3, -0.25) is 0 Å². The standard InChI is InChI=1S/C12H32N4P4/c1-9-17(5)13-18(6,10-2)15-20(8,12-4)16-19(7,11-3)14-17/h9-12H2,1-8H3. The van der Waals surface area contributed by atoms with Gasteiger partial charge in [-0.15, -0.1) is 0 Å². The zero-order valence-corrected chi connectivity index (χ0v) is 18.0. The van der Waals surface area contributed by atoms with Gasteiger partial charge in [-0.2, -0.15) is 0 Å². The third-order valence-corrected chi connectivity index (χ3v) is 21.1. The second kappa shape index (κ2) is 6.58. The first-order valence-electron chi connectivity index (χ1n) is 7.48. The molecule has 0 N–H and O–H groups in total. The molecule has 0 aromatic heterocycles. The molecule has 0 fully saturated rings. The Kier molecular flexibility index (Phi) is 6.24. The maximum Gasteiger partial charge on any atom is 0.0777 e. The fraction of sp³-hybridized carbons (Fsp3) is 1.00. The normalized spacial score (nSPS) is 45.2. The van der Waals surface area contributed by atoms with Crippen LogP contribution in [0.25, 0.3) is 0 Å². The Hall–Kier alpha value is 0.920. The molecule has 0 amide bonds. The molecule has 0 saturated heterocycles. The minimum atomic E-state index is -1.58. The quantitative estimate of drug-likeness (QED) is 0.484. The summed E-state index contributed by atoms with van der Waals surface area (Å²) in [5.41, 5.74) is 0. The Labute approximate surface area is 126 Å². The van der Waals surface area contributed by atoms with Crippen molar-refractivity contribution in [2.45, 2.75) is 27.7 Å². The Morgan fingerprint density at radius 2 is 0.600 bits per heavy atom. The first-order valence-corrected chi connectivity index (χ1v) is 16.8. The van der Waals surface area contributed by atoms with Crippen LogP contribution >= 0.6 is 28.8 Å². The summed E-state index contributed by atoms with van der Waals surface area (Å²) in [5, 5.41) is 0. The van der Waals surface area contributed by atoms with Crippen LogP contribution in [0.15, 0.2) is 18.1 Å². The van der Waals surface area contributed by atoms with Crippen molar-refractivity contribution in [1.29, 1.82) is 0 Å². The molecule has 1 aliphatic heterocycles. The van der Waals surface area contributed by atoms with Crippen LogP contribution in [-0.4, -0.2) is 51.3 Å². The van der Waals surface area contributed by atoms with Crippen LogP contribution in [0.4, 0.5) is 0 Å². The van der Waals surface area contributed by atoms with Crippen LogP contribution < -0.4 is 0 Å². The van der Waals surface area contributed by atoms with Gasteiger partial charge in [0.25, 0.3) is 0 Å². The van der Waals surface area contributed by atoms with E-state index < -0.39 is 28.8 Å². The van der Waals surface area contributed by atoms with Gasteiger partial charge in [-0.25, -0.2) is 18.1 Å². The second-order valence-corrected chi connectivity index (χ2v) is 20.1. The van der Waals surface area contributed by atoms with E-state index in [2.05, 4.69) is 54.4 Å². The fourth-order valence-corrected chi connectivity index (χ4v) is 21.4. The van der Waals surface area contributed by atoms with Gasteiger partial charge >= 0.3 is 0 Å². The van der Waals surface area contributed by atoms with Gasteiger partial charge in [0.15, 0.2) is 0 Å². The topological polar surface area (TPSA) is 49.4 Å². The average molecular weight is 356 g/mol. The highest BCUT2D eigenvalue weighted by molar-refractivity contribution is 7.86. The summed E-state index contributed by atoms with van der Waals surface area (Å²) in [7, 11) is -6.32. The highest BCUT2D eigenvalue weighted by Crippen LogP contribution is 2.75. The molecule has 1 heterocycles. The minimum Gasteiger partial charge on any atom is -0.241 e. The highest BCUT2D eigenvalue weighted by atomic mass is 31.3. The Balaban J connectivity index is 3.79. The summed E-state index contributed by atoms with van der Waals surface area (Å²) in [4.78, 5) is 0. The average Bonchev–Trinajstić information content (AvgIpc) is 2.36. The van der Waals surface area contributed by atoms with E-state index in [-0.39, 0.29) is 0 Å². The van der Waals surface area contributed by atoms with Gasteiger partial charge in [0, 0.05) is 0 Å². The van der Waals surface area contributed by atoms with Gasteiger partial charge in [-0.1, -0.05) is 27.7 Å². The molecule has 0 unspecified atom stereocenters. The predicted molar refractivity (Wildman–Crippen MR) is 103 cm³/mol. The molecular formula is C12H32N4P4. The summed E-state index contributed by atoms with van der Waals surface area (Å²) >= 11 is 0. The van der Waals surface area contributed by atoms with E-state index in [9.17, 15) is 0 Å². The van der Waals surface area contributed by atoms with Crippen molar-refractivity contribution >= 4 is 28.8 Å². The molecule has 1 aliphatic rings. The summed E-state index contributed by atoms with van der Waals surface area (Å²) in [5.74, 6) is 0. The second-order valence-electron chi connectivity index (χ2n) is 5.98. The number of hydrogen-bond acceptors (Lipinski definition) is 4. The van der Waals surface area contributed by atoms with E-state index in [4.69, 9.17) is 18.1 Å². The molecule has 0 radical (unpaired) electrons. The smallest absolute Gasteiger partial charge is 0.0777 e. The molecule has 4 nitrogen and oxygen atoms in total. The molecule has 8 heteroatoms. The van der Waals surface area contributed by atoms with Crippen LogP contribution in [0, 0.1) is 0 Å². The minimum absolute atomic E-state index is 1.06. The molecular weight excluding hydrogens is 324 g/mol. The van der Waals surface area contributed by atoms with Crippen molar-refractivity contribution in [2.75, 3.05) is 51.3 Å². The summed E-state index contributed by atoms with van der Waals surface area (Å²) in [6.07, 6.45) is 4.24. The third kappa shape index (κ3) is 4.46. The first-order chi connectivity index (χ1) is 9.07. The molecule has 0 spiro atoms. The lowest BCUT2D eigenvalue weighted by Gasteiger charge is -2.30. The Morgan fingerprint density at radius 1 is 0.450 bits per heavy atom. The molecule has 0 aromatic carbocycles. The fourth-order valence-electron chi connectivity index (χ4n) is 2.24. The molecule has 0 aliphatic carbocycles. The van der Waals surface area contributed by atoms with Gasteiger partial charge < -0.3 is 0 Å². The van der Waals surface area contributed by atoms with Crippen LogP contribution in [0.1, 0.15) is 27.7 Å². The van der Waals surface area contributed by atoms with E-state index in [0.717, 1.165) is 24.6 Å². The summed E-state index contributed by atoms with van der Waals surface area (Å²) in [6.45, 7) is 18.1. The van der Waals surface area contributed by atoms with Crippen molar-refractivity contribution in [3.8, 4) is 0 Å². The van der Waals surface area contributed by atoms with Crippen LogP contribution in [-0.2, 0) is 0 Å². The molecule has 1 rings (SSSR count). The predicted octanol–water partition coefficient (Wildman–Crippen LogP) is 7.06. The molecule has 0 saturated carbocycles. The van der Waals surface area contributed by atoms with E-state index in [0.29, 0.717) is 0 Å². The first kappa shape index (κ1) is 19.0. The maximum absolute atomic E-state index is 5.31. The molecule has 0 aromatic rings. The van der Waals surface area contributed by atoms with Crippen molar-refractivity contribution in [3.63, 3.8) is 0 Å². The van der Waals surface area contributed by atoms with E-state index in [1.807, 2.05) is 0 Å². The van der Waals surface area contributed by atoms with Crippen LogP contribution in [0.5, 0.6) is 0 Å².